The molecule has 0 spiro atoms. The Morgan fingerprint density at radius 2 is 2.10 bits per heavy atom. The van der Waals surface area contributed by atoms with Crippen molar-refractivity contribution in [2.75, 3.05) is 0 Å². The number of nitriles is 1. The van der Waals surface area contributed by atoms with Gasteiger partial charge in [0.25, 0.3) is 11.6 Å². The molecule has 0 radical (unpaired) electrons. The molecule has 0 bridgehead atoms. The van der Waals surface area contributed by atoms with Gasteiger partial charge < -0.3 is 5.32 Å². The number of benzene rings is 1. The van der Waals surface area contributed by atoms with Gasteiger partial charge in [-0.25, -0.2) is 4.39 Å². The third-order valence-electron chi connectivity index (χ3n) is 3.72. The van der Waals surface area contributed by atoms with Crippen LogP contribution in [0.25, 0.3) is 0 Å². The Kier molecular flexibility index (Phi) is 3.89. The minimum atomic E-state index is -0.998. The summed E-state index contributed by atoms with van der Waals surface area (Å²) in [5, 5.41) is 22.5. The summed E-state index contributed by atoms with van der Waals surface area (Å²) in [6.45, 7) is 1.36. The molecule has 0 aliphatic heterocycles. The first-order chi connectivity index (χ1) is 9.88. The lowest BCUT2D eigenvalue weighted by Crippen LogP contribution is -2.45. The van der Waals surface area contributed by atoms with Crippen molar-refractivity contribution in [3.63, 3.8) is 0 Å². The molecule has 1 aliphatic rings. The van der Waals surface area contributed by atoms with E-state index in [1.165, 1.54) is 6.92 Å². The summed E-state index contributed by atoms with van der Waals surface area (Å²) in [7, 11) is 0. The van der Waals surface area contributed by atoms with Crippen molar-refractivity contribution in [1.82, 2.24) is 5.32 Å². The number of halogens is 1. The average molecular weight is 291 g/mol. The third kappa shape index (κ3) is 2.84. The van der Waals surface area contributed by atoms with Crippen LogP contribution in [0.3, 0.4) is 0 Å². The highest BCUT2D eigenvalue weighted by molar-refractivity contribution is 5.96. The van der Waals surface area contributed by atoms with E-state index in [9.17, 15) is 24.6 Å². The summed E-state index contributed by atoms with van der Waals surface area (Å²) in [5.41, 5.74) is -1.73. The second kappa shape index (κ2) is 5.48. The van der Waals surface area contributed by atoms with Crippen LogP contribution >= 0.6 is 0 Å². The summed E-state index contributed by atoms with van der Waals surface area (Å²) < 4.78 is 14.0. The molecule has 0 unspecified atom stereocenters. The van der Waals surface area contributed by atoms with Crippen molar-refractivity contribution in [2.45, 2.75) is 38.1 Å². The number of aryl methyl sites for hydroxylation is 1. The van der Waals surface area contributed by atoms with Crippen LogP contribution in [-0.4, -0.2) is 16.4 Å². The minimum absolute atomic E-state index is 0.0202. The fourth-order valence-electron chi connectivity index (χ4n) is 2.55. The zero-order chi connectivity index (χ0) is 15.6. The molecule has 0 heterocycles. The minimum Gasteiger partial charge on any atom is -0.334 e. The fraction of sp³-hybridized carbons (Fsp3) is 0.429. The van der Waals surface area contributed by atoms with Gasteiger partial charge in [0.1, 0.15) is 11.4 Å². The van der Waals surface area contributed by atoms with Crippen molar-refractivity contribution >= 4 is 11.6 Å². The molecule has 0 atom stereocenters. The number of carbonyl (C=O) groups excluding carboxylic acids is 1. The Hall–Kier alpha value is -2.49. The molecule has 2 rings (SSSR count). The predicted molar refractivity (Wildman–Crippen MR) is 72.1 cm³/mol. The van der Waals surface area contributed by atoms with Crippen molar-refractivity contribution in [1.29, 1.82) is 5.26 Å². The number of nitro benzene ring substituents is 1. The van der Waals surface area contributed by atoms with Crippen LogP contribution < -0.4 is 5.32 Å². The summed E-state index contributed by atoms with van der Waals surface area (Å²) in [4.78, 5) is 22.3. The number of rotatable bonds is 3. The lowest BCUT2D eigenvalue weighted by molar-refractivity contribution is -0.385. The van der Waals surface area contributed by atoms with Crippen molar-refractivity contribution in [3.8, 4) is 6.07 Å². The molecular formula is C14H14FN3O3. The van der Waals surface area contributed by atoms with E-state index < -0.39 is 27.8 Å². The number of hydrogen-bond donors (Lipinski definition) is 1. The van der Waals surface area contributed by atoms with E-state index in [2.05, 4.69) is 11.4 Å². The van der Waals surface area contributed by atoms with Gasteiger partial charge in [-0.2, -0.15) is 5.26 Å². The molecule has 6 nitrogen and oxygen atoms in total. The molecular weight excluding hydrogens is 277 g/mol. The van der Waals surface area contributed by atoms with Gasteiger partial charge in [-0.1, -0.05) is 0 Å². The summed E-state index contributed by atoms with van der Waals surface area (Å²) in [6, 6.07) is 4.03. The molecule has 21 heavy (non-hydrogen) atoms. The van der Waals surface area contributed by atoms with Gasteiger partial charge >= 0.3 is 0 Å². The number of nitro groups is 1. The van der Waals surface area contributed by atoms with E-state index >= 15 is 0 Å². The first-order valence-corrected chi connectivity index (χ1v) is 6.57. The normalized spacial score (nSPS) is 16.2. The number of amides is 1. The Morgan fingerprint density at radius 1 is 1.48 bits per heavy atom. The van der Waals surface area contributed by atoms with Gasteiger partial charge in [-0.3, -0.25) is 14.9 Å². The van der Waals surface area contributed by atoms with E-state index in [1.807, 2.05) is 0 Å². The van der Waals surface area contributed by atoms with Gasteiger partial charge in [-0.15, -0.1) is 0 Å². The van der Waals surface area contributed by atoms with Crippen molar-refractivity contribution in [2.24, 2.45) is 0 Å². The Balaban J connectivity index is 2.35. The zero-order valence-electron chi connectivity index (χ0n) is 11.5. The van der Waals surface area contributed by atoms with Gasteiger partial charge in [0.15, 0.2) is 0 Å². The van der Waals surface area contributed by atoms with Crippen LogP contribution in [0.15, 0.2) is 12.1 Å². The van der Waals surface area contributed by atoms with Crippen LogP contribution in [-0.2, 0) is 0 Å². The number of nitrogens with one attached hydrogen (secondary N) is 1. The largest absolute Gasteiger partial charge is 0.334 e. The Morgan fingerprint density at radius 3 is 2.62 bits per heavy atom. The van der Waals surface area contributed by atoms with E-state index in [0.29, 0.717) is 12.8 Å². The SMILES string of the molecule is Cc1cc([N+](=O)[O-])cc(C(=O)NC2(C#N)CCCC2)c1F. The van der Waals surface area contributed by atoms with Gasteiger partial charge in [0.05, 0.1) is 16.6 Å². The fourth-order valence-corrected chi connectivity index (χ4v) is 2.55. The molecule has 0 aromatic heterocycles. The number of carbonyl (C=O) groups is 1. The second-order valence-electron chi connectivity index (χ2n) is 5.24. The molecule has 1 aliphatic carbocycles. The Labute approximate surface area is 120 Å². The van der Waals surface area contributed by atoms with Gasteiger partial charge in [0, 0.05) is 12.1 Å². The molecule has 1 N–H and O–H groups in total. The average Bonchev–Trinajstić information content (AvgIpc) is 2.90. The molecule has 1 aromatic carbocycles. The lowest BCUT2D eigenvalue weighted by Gasteiger charge is -2.22. The highest BCUT2D eigenvalue weighted by Crippen LogP contribution is 2.30. The molecule has 1 aromatic rings. The first-order valence-electron chi connectivity index (χ1n) is 6.57. The second-order valence-corrected chi connectivity index (χ2v) is 5.24. The lowest BCUT2D eigenvalue weighted by atomic mass is 9.98. The topological polar surface area (TPSA) is 96.0 Å². The maximum absolute atomic E-state index is 14.0. The summed E-state index contributed by atoms with van der Waals surface area (Å²) in [6.07, 6.45) is 2.63. The van der Waals surface area contributed by atoms with Crippen LogP contribution in [0, 0.1) is 34.2 Å². The summed E-state index contributed by atoms with van der Waals surface area (Å²) >= 11 is 0. The predicted octanol–water partition coefficient (Wildman–Crippen LogP) is 2.61. The van der Waals surface area contributed by atoms with Crippen LogP contribution in [0.4, 0.5) is 10.1 Å². The maximum Gasteiger partial charge on any atom is 0.270 e. The van der Waals surface area contributed by atoms with Crippen LogP contribution in [0.2, 0.25) is 0 Å². The molecule has 1 amide bonds. The van der Waals surface area contributed by atoms with E-state index in [-0.39, 0.29) is 11.3 Å². The number of nitrogens with zero attached hydrogens (tertiary/aromatic N) is 2. The Bertz CT molecular complexity index is 646. The maximum atomic E-state index is 14.0. The smallest absolute Gasteiger partial charge is 0.270 e. The molecule has 1 saturated carbocycles. The van der Waals surface area contributed by atoms with E-state index in [0.717, 1.165) is 25.0 Å². The first kappa shape index (κ1) is 14.9. The third-order valence-corrected chi connectivity index (χ3v) is 3.72. The molecule has 0 saturated heterocycles. The van der Waals surface area contributed by atoms with Gasteiger partial charge in [0.2, 0.25) is 0 Å². The van der Waals surface area contributed by atoms with Crippen LogP contribution in [0.5, 0.6) is 0 Å². The monoisotopic (exact) mass is 291 g/mol. The van der Waals surface area contributed by atoms with Crippen molar-refractivity contribution in [3.05, 3.63) is 39.2 Å². The highest BCUT2D eigenvalue weighted by atomic mass is 19.1. The van der Waals surface area contributed by atoms with Crippen LogP contribution in [0.1, 0.15) is 41.6 Å². The zero-order valence-corrected chi connectivity index (χ0v) is 11.5. The van der Waals surface area contributed by atoms with Gasteiger partial charge in [-0.05, 0) is 38.2 Å². The summed E-state index contributed by atoms with van der Waals surface area (Å²) in [5.74, 6) is -1.59. The molecule has 7 heteroatoms. The number of hydrogen-bond acceptors (Lipinski definition) is 4. The molecule has 110 valence electrons. The molecule has 1 fully saturated rings. The standard InChI is InChI=1S/C14H14FN3O3/c1-9-6-10(18(20)21)7-11(12(9)15)13(19)17-14(8-16)4-2-3-5-14/h6-7H,2-5H2,1H3,(H,17,19). The highest BCUT2D eigenvalue weighted by Gasteiger charge is 2.36. The quantitative estimate of drug-likeness (QED) is 0.683. The number of non-ortho nitro benzene ring substituents is 1. The van der Waals surface area contributed by atoms with E-state index in [1.54, 1.807) is 0 Å². The van der Waals surface area contributed by atoms with Crippen molar-refractivity contribution < 1.29 is 14.1 Å². The van der Waals surface area contributed by atoms with E-state index in [4.69, 9.17) is 0 Å².